The lowest BCUT2D eigenvalue weighted by molar-refractivity contribution is 0.0380. The summed E-state index contributed by atoms with van der Waals surface area (Å²) in [4.78, 5) is 2.27. The first-order chi connectivity index (χ1) is 8.68. The van der Waals surface area contributed by atoms with Gasteiger partial charge in [-0.2, -0.15) is 4.31 Å². The fourth-order valence-corrected chi connectivity index (χ4v) is 3.84. The highest BCUT2D eigenvalue weighted by molar-refractivity contribution is 7.89. The van der Waals surface area contributed by atoms with Gasteiger partial charge in [-0.25, -0.2) is 8.42 Å². The topological polar surface area (TPSA) is 61.9 Å². The van der Waals surface area contributed by atoms with Crippen molar-refractivity contribution in [3.05, 3.63) is 0 Å². The average molecular weight is 350 g/mol. The molecular formula is C11H25Cl2N3O3S. The summed E-state index contributed by atoms with van der Waals surface area (Å²) in [5.74, 6) is 0.268. The lowest BCUT2D eigenvalue weighted by atomic mass is 10.4. The third kappa shape index (κ3) is 6.43. The van der Waals surface area contributed by atoms with Gasteiger partial charge in [-0.15, -0.1) is 24.8 Å². The van der Waals surface area contributed by atoms with E-state index in [0.29, 0.717) is 19.5 Å². The van der Waals surface area contributed by atoms with E-state index in [2.05, 4.69) is 10.2 Å². The van der Waals surface area contributed by atoms with Gasteiger partial charge in [-0.3, -0.25) is 4.90 Å². The molecule has 6 nitrogen and oxygen atoms in total. The Morgan fingerprint density at radius 2 is 1.60 bits per heavy atom. The molecule has 9 heteroatoms. The van der Waals surface area contributed by atoms with Gasteiger partial charge in [0.05, 0.1) is 19.0 Å². The maximum Gasteiger partial charge on any atom is 0.214 e. The van der Waals surface area contributed by atoms with Crippen LogP contribution in [0.2, 0.25) is 0 Å². The predicted molar refractivity (Wildman–Crippen MR) is 84.6 cm³/mol. The molecule has 0 unspecified atom stereocenters. The van der Waals surface area contributed by atoms with Gasteiger partial charge in [-0.05, 0) is 13.0 Å². The number of halogens is 2. The zero-order chi connectivity index (χ0) is 12.8. The fourth-order valence-electron chi connectivity index (χ4n) is 2.35. The summed E-state index contributed by atoms with van der Waals surface area (Å²) in [6.45, 7) is 7.00. The Hall–Kier alpha value is 0.370. The van der Waals surface area contributed by atoms with Gasteiger partial charge >= 0.3 is 0 Å². The van der Waals surface area contributed by atoms with Crippen LogP contribution in [0, 0.1) is 0 Å². The number of nitrogens with zero attached hydrogens (tertiary/aromatic N) is 2. The van der Waals surface area contributed by atoms with Crippen LogP contribution in [0.15, 0.2) is 0 Å². The predicted octanol–water partition coefficient (Wildman–Crippen LogP) is -0.213. The van der Waals surface area contributed by atoms with Crippen LogP contribution in [0.4, 0.5) is 0 Å². The molecular weight excluding hydrogens is 325 g/mol. The van der Waals surface area contributed by atoms with E-state index < -0.39 is 10.0 Å². The molecule has 0 atom stereocenters. The van der Waals surface area contributed by atoms with Crippen molar-refractivity contribution in [2.45, 2.75) is 6.42 Å². The van der Waals surface area contributed by atoms with Crippen LogP contribution < -0.4 is 5.32 Å². The number of piperazine rings is 1. The van der Waals surface area contributed by atoms with Crippen molar-refractivity contribution in [2.75, 3.05) is 64.8 Å². The molecule has 2 fully saturated rings. The zero-order valence-corrected chi connectivity index (χ0v) is 14.1. The SMILES string of the molecule is Cl.Cl.O=S(=O)(CCCN1CCOCC1)N1CCNCC1. The van der Waals surface area contributed by atoms with Crippen molar-refractivity contribution in [3.8, 4) is 0 Å². The summed E-state index contributed by atoms with van der Waals surface area (Å²) in [7, 11) is -3.05. The van der Waals surface area contributed by atoms with Gasteiger partial charge < -0.3 is 10.1 Å². The largest absolute Gasteiger partial charge is 0.379 e. The molecule has 0 spiro atoms. The standard InChI is InChI=1S/C11H23N3O3S.2ClH/c15-18(16,14-5-2-12-3-6-14)11-1-4-13-7-9-17-10-8-13;;/h12H,1-11H2;2*1H. The van der Waals surface area contributed by atoms with Gasteiger partial charge in [0.15, 0.2) is 0 Å². The monoisotopic (exact) mass is 349 g/mol. The summed E-state index contributed by atoms with van der Waals surface area (Å²) in [6, 6.07) is 0. The third-order valence-electron chi connectivity index (χ3n) is 3.45. The van der Waals surface area contributed by atoms with Gasteiger partial charge in [0.2, 0.25) is 10.0 Å². The summed E-state index contributed by atoms with van der Waals surface area (Å²) < 4.78 is 31.0. The van der Waals surface area contributed by atoms with Gasteiger partial charge in [0.1, 0.15) is 0 Å². The molecule has 0 saturated carbocycles. The van der Waals surface area contributed by atoms with E-state index in [1.165, 1.54) is 0 Å². The molecule has 0 amide bonds. The second-order valence-electron chi connectivity index (χ2n) is 4.77. The molecule has 2 aliphatic rings. The highest BCUT2D eigenvalue weighted by Gasteiger charge is 2.23. The second-order valence-corrected chi connectivity index (χ2v) is 6.86. The van der Waals surface area contributed by atoms with E-state index in [9.17, 15) is 8.42 Å². The molecule has 0 aromatic heterocycles. The first-order valence-corrected chi connectivity index (χ1v) is 8.28. The van der Waals surface area contributed by atoms with Crippen LogP contribution >= 0.6 is 24.8 Å². The van der Waals surface area contributed by atoms with Crippen molar-refractivity contribution in [2.24, 2.45) is 0 Å². The number of rotatable bonds is 5. The molecule has 20 heavy (non-hydrogen) atoms. The summed E-state index contributed by atoms with van der Waals surface area (Å²) >= 11 is 0. The van der Waals surface area contributed by atoms with Gasteiger partial charge in [0.25, 0.3) is 0 Å². The van der Waals surface area contributed by atoms with Crippen molar-refractivity contribution in [3.63, 3.8) is 0 Å². The molecule has 0 aliphatic carbocycles. The van der Waals surface area contributed by atoms with Crippen LogP contribution in [0.3, 0.4) is 0 Å². The maximum atomic E-state index is 12.1. The van der Waals surface area contributed by atoms with Crippen LogP contribution in [-0.4, -0.2) is 82.4 Å². The average Bonchev–Trinajstić information content (AvgIpc) is 2.41. The van der Waals surface area contributed by atoms with E-state index >= 15 is 0 Å². The molecule has 2 heterocycles. The molecule has 0 aromatic rings. The highest BCUT2D eigenvalue weighted by atomic mass is 35.5. The summed E-state index contributed by atoms with van der Waals surface area (Å²) in [6.07, 6.45) is 0.715. The molecule has 1 N–H and O–H groups in total. The van der Waals surface area contributed by atoms with Crippen LogP contribution in [0.5, 0.6) is 0 Å². The lowest BCUT2D eigenvalue weighted by Crippen LogP contribution is -2.47. The Morgan fingerprint density at radius 3 is 2.20 bits per heavy atom. The third-order valence-corrected chi connectivity index (χ3v) is 5.41. The number of morpholine rings is 1. The van der Waals surface area contributed by atoms with Crippen molar-refractivity contribution in [1.29, 1.82) is 0 Å². The minimum atomic E-state index is -3.05. The minimum absolute atomic E-state index is 0. The van der Waals surface area contributed by atoms with E-state index in [1.807, 2.05) is 0 Å². The van der Waals surface area contributed by atoms with E-state index in [4.69, 9.17) is 4.74 Å². The van der Waals surface area contributed by atoms with Crippen LogP contribution in [0.25, 0.3) is 0 Å². The molecule has 0 aromatic carbocycles. The first kappa shape index (κ1) is 20.4. The highest BCUT2D eigenvalue weighted by Crippen LogP contribution is 2.06. The lowest BCUT2D eigenvalue weighted by Gasteiger charge is -2.28. The molecule has 2 rings (SSSR count). The minimum Gasteiger partial charge on any atom is -0.379 e. The maximum absolute atomic E-state index is 12.1. The van der Waals surface area contributed by atoms with Gasteiger partial charge in [0, 0.05) is 39.3 Å². The summed E-state index contributed by atoms with van der Waals surface area (Å²) in [5.41, 5.74) is 0. The Kier molecular flexibility index (Phi) is 10.3. The van der Waals surface area contributed by atoms with Crippen molar-refractivity contribution >= 4 is 34.8 Å². The molecule has 2 aliphatic heterocycles. The normalized spacial score (nSPS) is 21.8. The molecule has 122 valence electrons. The molecule has 2 saturated heterocycles. The van der Waals surface area contributed by atoms with E-state index in [0.717, 1.165) is 45.9 Å². The fraction of sp³-hybridized carbons (Fsp3) is 1.00. The summed E-state index contributed by atoms with van der Waals surface area (Å²) in [5, 5.41) is 3.17. The number of hydrogen-bond donors (Lipinski definition) is 1. The van der Waals surface area contributed by atoms with E-state index in [-0.39, 0.29) is 30.6 Å². The van der Waals surface area contributed by atoms with Crippen LogP contribution in [-0.2, 0) is 14.8 Å². The number of nitrogens with one attached hydrogen (secondary N) is 1. The zero-order valence-electron chi connectivity index (χ0n) is 11.6. The number of sulfonamides is 1. The molecule has 0 radical (unpaired) electrons. The van der Waals surface area contributed by atoms with E-state index in [1.54, 1.807) is 4.31 Å². The van der Waals surface area contributed by atoms with Crippen molar-refractivity contribution in [1.82, 2.24) is 14.5 Å². The molecule has 0 bridgehead atoms. The Balaban J connectivity index is 0.00000180. The van der Waals surface area contributed by atoms with Gasteiger partial charge in [-0.1, -0.05) is 0 Å². The van der Waals surface area contributed by atoms with Crippen LogP contribution in [0.1, 0.15) is 6.42 Å². The Bertz CT molecular complexity index is 345. The second kappa shape index (κ2) is 10.2. The number of ether oxygens (including phenoxy) is 1. The first-order valence-electron chi connectivity index (χ1n) is 6.67. The number of hydrogen-bond acceptors (Lipinski definition) is 5. The quantitative estimate of drug-likeness (QED) is 0.743. The van der Waals surface area contributed by atoms with Crippen molar-refractivity contribution < 1.29 is 13.2 Å². The Morgan fingerprint density at radius 1 is 1.00 bits per heavy atom. The smallest absolute Gasteiger partial charge is 0.214 e. The Labute approximate surface area is 134 Å².